The predicted octanol–water partition coefficient (Wildman–Crippen LogP) is 15.0. The molecular weight excluding hydrogens is 743 g/mol. The number of nitrogens with one attached hydrogen (secondary N) is 1. The summed E-state index contributed by atoms with van der Waals surface area (Å²) in [5.74, 6) is -0.605. The van der Waals surface area contributed by atoms with Gasteiger partial charge < -0.3 is 20.3 Å². The number of rotatable bonds is 44. The van der Waals surface area contributed by atoms with E-state index in [1.807, 2.05) is 6.08 Å². The van der Waals surface area contributed by atoms with E-state index < -0.39 is 18.2 Å². The lowest BCUT2D eigenvalue weighted by Gasteiger charge is -2.24. The average molecular weight is 838 g/mol. The quantitative estimate of drug-likeness (QED) is 0.0323. The molecule has 0 aromatic heterocycles. The van der Waals surface area contributed by atoms with E-state index in [1.54, 1.807) is 0 Å². The maximum absolute atomic E-state index is 13.2. The summed E-state index contributed by atoms with van der Waals surface area (Å²) in [4.78, 5) is 26.0. The van der Waals surface area contributed by atoms with E-state index in [2.05, 4.69) is 92.9 Å². The molecule has 1 amide bonds. The summed E-state index contributed by atoms with van der Waals surface area (Å²) in [6.45, 7) is 6.33. The van der Waals surface area contributed by atoms with Crippen LogP contribution in [0, 0.1) is 0 Å². The molecule has 0 aromatic rings. The number of ether oxygens (including phenoxy) is 1. The molecule has 0 spiro atoms. The number of carbonyl (C=O) groups excluding carboxylic acids is 2. The lowest BCUT2D eigenvalue weighted by Crippen LogP contribution is -2.46. The molecule has 0 aliphatic heterocycles. The molecular formula is C54H95NO5. The van der Waals surface area contributed by atoms with Gasteiger partial charge in [-0.3, -0.25) is 9.59 Å². The third-order valence-corrected chi connectivity index (χ3v) is 11.0. The zero-order valence-corrected chi connectivity index (χ0v) is 39.3. The number of carbonyl (C=O) groups is 2. The molecule has 0 saturated carbocycles. The molecule has 60 heavy (non-hydrogen) atoms. The minimum Gasteiger partial charge on any atom is -0.462 e. The number of hydrogen-bond donors (Lipinski definition) is 3. The average Bonchev–Trinajstić information content (AvgIpc) is 3.24. The maximum atomic E-state index is 13.2. The summed E-state index contributed by atoms with van der Waals surface area (Å²) in [5.41, 5.74) is 0. The van der Waals surface area contributed by atoms with Gasteiger partial charge >= 0.3 is 5.97 Å². The van der Waals surface area contributed by atoms with Crippen molar-refractivity contribution in [1.29, 1.82) is 0 Å². The van der Waals surface area contributed by atoms with Gasteiger partial charge in [0.15, 0.2) is 0 Å². The van der Waals surface area contributed by atoms with E-state index in [-0.39, 0.29) is 31.3 Å². The first-order valence-corrected chi connectivity index (χ1v) is 25.2. The second-order valence-corrected chi connectivity index (χ2v) is 16.8. The van der Waals surface area contributed by atoms with Crippen molar-refractivity contribution < 1.29 is 24.5 Å². The summed E-state index contributed by atoms with van der Waals surface area (Å²) in [5, 5.41) is 23.7. The highest BCUT2D eigenvalue weighted by Crippen LogP contribution is 2.16. The number of esters is 1. The Balaban J connectivity index is 4.67. The van der Waals surface area contributed by atoms with Crippen LogP contribution in [0.2, 0.25) is 0 Å². The largest absolute Gasteiger partial charge is 0.462 e. The van der Waals surface area contributed by atoms with Crippen LogP contribution in [-0.4, -0.2) is 46.9 Å². The van der Waals surface area contributed by atoms with E-state index in [1.165, 1.54) is 109 Å². The van der Waals surface area contributed by atoms with Crippen LogP contribution in [0.25, 0.3) is 0 Å². The van der Waals surface area contributed by atoms with Crippen LogP contribution >= 0.6 is 0 Å². The molecule has 0 aromatic carbocycles. The standard InChI is InChI=1S/C54H95NO5/c1-4-7-10-13-16-19-22-24-26-27-29-32-35-38-41-44-47-54(59)60-50(45-42-39-36-33-30-21-18-15-12-9-6-3)48-53(58)55-51(49-56)52(57)46-43-40-37-34-31-28-25-23-20-17-14-11-8-5-2/h7,10,16,19,24,26,29,32-33,36,38,41,50-52,56-57H,4-6,8-9,11-15,17-18,20-23,25,27-28,30-31,34-35,37,39-40,42-49H2,1-3H3,(H,55,58)/b10-7+,19-16+,26-24+,32-29+,36-33-,41-38+. The van der Waals surface area contributed by atoms with Gasteiger partial charge in [0.05, 0.1) is 25.2 Å². The Morgan fingerprint density at radius 2 is 0.917 bits per heavy atom. The minimum atomic E-state index is -0.808. The fourth-order valence-electron chi connectivity index (χ4n) is 7.24. The van der Waals surface area contributed by atoms with Crippen molar-refractivity contribution in [2.24, 2.45) is 0 Å². The Bertz CT molecular complexity index is 1120. The third-order valence-electron chi connectivity index (χ3n) is 11.0. The molecule has 6 nitrogen and oxygen atoms in total. The fraction of sp³-hybridized carbons (Fsp3) is 0.741. The van der Waals surface area contributed by atoms with Gasteiger partial charge in [-0.2, -0.15) is 0 Å². The lowest BCUT2D eigenvalue weighted by atomic mass is 10.0. The van der Waals surface area contributed by atoms with Crippen LogP contribution < -0.4 is 5.32 Å². The topological polar surface area (TPSA) is 95.9 Å². The zero-order valence-electron chi connectivity index (χ0n) is 39.3. The lowest BCUT2D eigenvalue weighted by molar-refractivity contribution is -0.150. The van der Waals surface area contributed by atoms with Gasteiger partial charge in [0.2, 0.25) is 5.91 Å². The van der Waals surface area contributed by atoms with Crippen molar-refractivity contribution in [1.82, 2.24) is 5.32 Å². The predicted molar refractivity (Wildman–Crippen MR) is 259 cm³/mol. The van der Waals surface area contributed by atoms with Gasteiger partial charge in [0.25, 0.3) is 0 Å². The van der Waals surface area contributed by atoms with E-state index in [0.717, 1.165) is 70.6 Å². The fourth-order valence-corrected chi connectivity index (χ4v) is 7.24. The van der Waals surface area contributed by atoms with Gasteiger partial charge in [-0.25, -0.2) is 0 Å². The van der Waals surface area contributed by atoms with Gasteiger partial charge in [0.1, 0.15) is 6.10 Å². The van der Waals surface area contributed by atoms with Crippen LogP contribution in [0.1, 0.15) is 233 Å². The first-order chi connectivity index (χ1) is 29.5. The zero-order chi connectivity index (χ0) is 43.8. The molecule has 6 heteroatoms. The second-order valence-electron chi connectivity index (χ2n) is 16.8. The highest BCUT2D eigenvalue weighted by Gasteiger charge is 2.23. The summed E-state index contributed by atoms with van der Waals surface area (Å²) in [6.07, 6.45) is 59.7. The van der Waals surface area contributed by atoms with Crippen molar-refractivity contribution in [2.75, 3.05) is 6.61 Å². The van der Waals surface area contributed by atoms with Crippen molar-refractivity contribution in [3.63, 3.8) is 0 Å². The number of amides is 1. The second kappa shape index (κ2) is 47.4. The molecule has 0 rings (SSSR count). The Morgan fingerprint density at radius 3 is 1.40 bits per heavy atom. The summed E-state index contributed by atoms with van der Waals surface area (Å²) < 4.78 is 5.86. The van der Waals surface area contributed by atoms with Gasteiger partial charge in [-0.15, -0.1) is 0 Å². The van der Waals surface area contributed by atoms with Crippen molar-refractivity contribution in [2.45, 2.75) is 251 Å². The van der Waals surface area contributed by atoms with Crippen molar-refractivity contribution in [3.8, 4) is 0 Å². The van der Waals surface area contributed by atoms with Crippen LogP contribution in [0.15, 0.2) is 72.9 Å². The maximum Gasteiger partial charge on any atom is 0.306 e. The Morgan fingerprint density at radius 1 is 0.500 bits per heavy atom. The van der Waals surface area contributed by atoms with Crippen LogP contribution in [0.5, 0.6) is 0 Å². The molecule has 0 aliphatic carbocycles. The van der Waals surface area contributed by atoms with Crippen molar-refractivity contribution in [3.05, 3.63) is 72.9 Å². The molecule has 3 unspecified atom stereocenters. The molecule has 0 radical (unpaired) electrons. The van der Waals surface area contributed by atoms with E-state index in [0.29, 0.717) is 19.3 Å². The molecule has 3 N–H and O–H groups in total. The smallest absolute Gasteiger partial charge is 0.306 e. The number of hydrogen-bond acceptors (Lipinski definition) is 5. The first kappa shape index (κ1) is 57.3. The highest BCUT2D eigenvalue weighted by atomic mass is 16.5. The first-order valence-electron chi connectivity index (χ1n) is 25.2. The molecule has 0 bridgehead atoms. The summed E-state index contributed by atoms with van der Waals surface area (Å²) >= 11 is 0. The number of unbranched alkanes of at least 4 members (excludes halogenated alkanes) is 20. The monoisotopic (exact) mass is 838 g/mol. The van der Waals surface area contributed by atoms with Gasteiger partial charge in [-0.05, 0) is 77.0 Å². The Labute approximate surface area is 371 Å². The summed E-state index contributed by atoms with van der Waals surface area (Å²) in [7, 11) is 0. The van der Waals surface area contributed by atoms with Crippen LogP contribution in [-0.2, 0) is 14.3 Å². The SMILES string of the molecule is CC/C=C/C/C=C/C/C=C/C/C=C/C/C=C/CCC(=O)OC(CCC/C=C\CCCCCCCC)CC(=O)NC(CO)C(O)CCCCCCCCCCCCCCCC. The minimum absolute atomic E-state index is 0.0248. The molecule has 0 fully saturated rings. The number of aliphatic hydroxyl groups excluding tert-OH is 2. The highest BCUT2D eigenvalue weighted by molar-refractivity contribution is 5.77. The van der Waals surface area contributed by atoms with E-state index in [4.69, 9.17) is 4.74 Å². The van der Waals surface area contributed by atoms with Crippen LogP contribution in [0.4, 0.5) is 0 Å². The number of aliphatic hydroxyl groups is 2. The number of allylic oxidation sites excluding steroid dienone is 12. The molecule has 3 atom stereocenters. The normalized spacial score (nSPS) is 13.9. The summed E-state index contributed by atoms with van der Waals surface area (Å²) in [6, 6.07) is -0.726. The van der Waals surface area contributed by atoms with Crippen molar-refractivity contribution >= 4 is 11.9 Å². The molecule has 346 valence electrons. The molecule has 0 heterocycles. The molecule has 0 aliphatic rings. The van der Waals surface area contributed by atoms with Gasteiger partial charge in [0, 0.05) is 6.42 Å². The van der Waals surface area contributed by atoms with E-state index in [9.17, 15) is 19.8 Å². The third kappa shape index (κ3) is 42.0. The molecule has 0 saturated heterocycles. The Kier molecular flexibility index (Phi) is 45.2. The Hall–Kier alpha value is -2.70. The van der Waals surface area contributed by atoms with E-state index >= 15 is 0 Å². The van der Waals surface area contributed by atoms with Gasteiger partial charge in [-0.1, -0.05) is 216 Å². The van der Waals surface area contributed by atoms with Crippen LogP contribution in [0.3, 0.4) is 0 Å².